The van der Waals surface area contributed by atoms with Gasteiger partial charge in [-0.1, -0.05) is 6.07 Å². The van der Waals surface area contributed by atoms with Crippen molar-refractivity contribution in [2.75, 3.05) is 25.5 Å². The third-order valence-corrected chi connectivity index (χ3v) is 7.73. The lowest BCUT2D eigenvalue weighted by atomic mass is 9.98. The molecule has 1 atom stereocenters. The van der Waals surface area contributed by atoms with Crippen LogP contribution in [0.5, 0.6) is 5.75 Å². The van der Waals surface area contributed by atoms with Crippen molar-refractivity contribution in [3.8, 4) is 5.75 Å². The Morgan fingerprint density at radius 1 is 1.39 bits per heavy atom. The summed E-state index contributed by atoms with van der Waals surface area (Å²) in [6.45, 7) is 0.410. The number of amides is 1. The van der Waals surface area contributed by atoms with E-state index in [2.05, 4.69) is 5.32 Å². The molecule has 1 aromatic heterocycles. The second-order valence-corrected chi connectivity index (χ2v) is 9.38. The zero-order valence-electron chi connectivity index (χ0n) is 15.0. The molecule has 0 spiro atoms. The predicted octanol–water partition coefficient (Wildman–Crippen LogP) is 2.70. The van der Waals surface area contributed by atoms with E-state index in [-0.39, 0.29) is 27.9 Å². The Kier molecular flexibility index (Phi) is 5.96. The maximum Gasteiger partial charge on any atom is 0.271 e. The Labute approximate surface area is 166 Å². The fourth-order valence-corrected chi connectivity index (χ4v) is 5.72. The number of non-ortho nitro benzene ring substituents is 1. The number of methoxy groups -OCH3 is 1. The Morgan fingerprint density at radius 2 is 2.18 bits per heavy atom. The number of anilines is 1. The molecule has 0 saturated carbocycles. The number of nitro groups is 1. The average Bonchev–Trinajstić information content (AvgIpc) is 3.23. The third-order valence-electron chi connectivity index (χ3n) is 4.50. The molecule has 9 nitrogen and oxygen atoms in total. The summed E-state index contributed by atoms with van der Waals surface area (Å²) in [5, 5.41) is 15.3. The van der Waals surface area contributed by atoms with Crippen LogP contribution in [-0.4, -0.2) is 43.8 Å². The van der Waals surface area contributed by atoms with Gasteiger partial charge in [-0.25, -0.2) is 8.42 Å². The highest BCUT2D eigenvalue weighted by molar-refractivity contribution is 7.91. The van der Waals surface area contributed by atoms with E-state index in [4.69, 9.17) is 4.74 Å². The molecule has 28 heavy (non-hydrogen) atoms. The number of piperidine rings is 1. The maximum atomic E-state index is 12.7. The molecule has 150 valence electrons. The van der Waals surface area contributed by atoms with E-state index in [0.717, 1.165) is 11.3 Å². The minimum absolute atomic E-state index is 0.0588. The highest BCUT2D eigenvalue weighted by atomic mass is 32.2. The third kappa shape index (κ3) is 4.16. The van der Waals surface area contributed by atoms with Crippen molar-refractivity contribution in [3.63, 3.8) is 0 Å². The quantitative estimate of drug-likeness (QED) is 0.561. The number of nitrogens with zero attached hydrogens (tertiary/aromatic N) is 2. The smallest absolute Gasteiger partial charge is 0.271 e. The van der Waals surface area contributed by atoms with Gasteiger partial charge in [0.25, 0.3) is 15.7 Å². The summed E-state index contributed by atoms with van der Waals surface area (Å²) in [5.74, 6) is -0.671. The zero-order chi connectivity index (χ0) is 20.3. The molecule has 1 N–H and O–H groups in total. The van der Waals surface area contributed by atoms with Gasteiger partial charge in [0.05, 0.1) is 23.6 Å². The van der Waals surface area contributed by atoms with Crippen molar-refractivity contribution in [3.05, 3.63) is 45.8 Å². The second kappa shape index (κ2) is 8.25. The summed E-state index contributed by atoms with van der Waals surface area (Å²) >= 11 is 1.13. The van der Waals surface area contributed by atoms with Gasteiger partial charge in [-0.3, -0.25) is 14.9 Å². The van der Waals surface area contributed by atoms with E-state index in [1.54, 1.807) is 11.4 Å². The van der Waals surface area contributed by atoms with Crippen LogP contribution in [-0.2, 0) is 14.8 Å². The van der Waals surface area contributed by atoms with E-state index in [9.17, 15) is 23.3 Å². The normalized spacial score (nSPS) is 17.8. The van der Waals surface area contributed by atoms with Gasteiger partial charge >= 0.3 is 0 Å². The number of rotatable bonds is 6. The first-order valence-corrected chi connectivity index (χ1v) is 10.8. The summed E-state index contributed by atoms with van der Waals surface area (Å²) in [7, 11) is -2.24. The molecule has 0 bridgehead atoms. The summed E-state index contributed by atoms with van der Waals surface area (Å²) in [4.78, 5) is 23.1. The van der Waals surface area contributed by atoms with Crippen LogP contribution in [0.2, 0.25) is 0 Å². The van der Waals surface area contributed by atoms with E-state index < -0.39 is 26.8 Å². The number of nitrogens with one attached hydrogen (secondary N) is 1. The second-order valence-electron chi connectivity index (χ2n) is 6.27. The number of benzene rings is 1. The van der Waals surface area contributed by atoms with E-state index in [1.807, 2.05) is 0 Å². The molecule has 1 aromatic carbocycles. The Bertz CT molecular complexity index is 975. The molecule has 1 saturated heterocycles. The van der Waals surface area contributed by atoms with Gasteiger partial charge < -0.3 is 10.1 Å². The van der Waals surface area contributed by atoms with Crippen molar-refractivity contribution in [1.82, 2.24) is 4.31 Å². The molecule has 1 fully saturated rings. The van der Waals surface area contributed by atoms with Crippen molar-refractivity contribution < 1.29 is 22.9 Å². The molecule has 0 radical (unpaired) electrons. The first-order valence-electron chi connectivity index (χ1n) is 8.50. The lowest BCUT2D eigenvalue weighted by molar-refractivity contribution is -0.384. The number of hydrogen-bond acceptors (Lipinski definition) is 7. The van der Waals surface area contributed by atoms with Gasteiger partial charge in [0.15, 0.2) is 0 Å². The largest absolute Gasteiger partial charge is 0.495 e. The minimum Gasteiger partial charge on any atom is -0.495 e. The van der Waals surface area contributed by atoms with E-state index in [1.165, 1.54) is 35.7 Å². The van der Waals surface area contributed by atoms with Crippen LogP contribution in [0.3, 0.4) is 0 Å². The predicted molar refractivity (Wildman–Crippen MR) is 104 cm³/mol. The molecule has 2 heterocycles. The molecule has 1 aliphatic rings. The van der Waals surface area contributed by atoms with Crippen molar-refractivity contribution in [2.24, 2.45) is 5.92 Å². The Hall–Kier alpha value is -2.50. The number of ether oxygens (including phenoxy) is 1. The van der Waals surface area contributed by atoms with E-state index in [0.29, 0.717) is 19.4 Å². The van der Waals surface area contributed by atoms with Gasteiger partial charge in [-0.05, 0) is 30.4 Å². The number of carbonyl (C=O) groups is 1. The van der Waals surface area contributed by atoms with Crippen molar-refractivity contribution in [1.29, 1.82) is 0 Å². The van der Waals surface area contributed by atoms with Gasteiger partial charge in [0, 0.05) is 25.2 Å². The van der Waals surface area contributed by atoms with Crippen LogP contribution in [0, 0.1) is 16.0 Å². The molecule has 1 aliphatic heterocycles. The SMILES string of the molecule is COc1ccc([N+](=O)[O-])cc1NC(=O)[C@H]1CCCN(S(=O)(=O)c2cccs2)C1. The molecule has 2 aromatic rings. The van der Waals surface area contributed by atoms with Gasteiger partial charge in [0.1, 0.15) is 9.96 Å². The highest BCUT2D eigenvalue weighted by Crippen LogP contribution is 2.31. The lowest BCUT2D eigenvalue weighted by Crippen LogP contribution is -2.43. The average molecular weight is 425 g/mol. The minimum atomic E-state index is -3.63. The lowest BCUT2D eigenvalue weighted by Gasteiger charge is -2.30. The maximum absolute atomic E-state index is 12.7. The van der Waals surface area contributed by atoms with Crippen LogP contribution in [0.1, 0.15) is 12.8 Å². The zero-order valence-corrected chi connectivity index (χ0v) is 16.7. The Balaban J connectivity index is 1.76. The van der Waals surface area contributed by atoms with Gasteiger partial charge in [-0.15, -0.1) is 11.3 Å². The summed E-state index contributed by atoms with van der Waals surface area (Å²) in [6.07, 6.45) is 1.08. The first-order chi connectivity index (χ1) is 13.3. The van der Waals surface area contributed by atoms with Gasteiger partial charge in [0.2, 0.25) is 5.91 Å². The fourth-order valence-electron chi connectivity index (χ4n) is 3.05. The van der Waals surface area contributed by atoms with Crippen LogP contribution >= 0.6 is 11.3 Å². The van der Waals surface area contributed by atoms with Crippen molar-refractivity contribution in [2.45, 2.75) is 17.1 Å². The molecule has 0 aliphatic carbocycles. The summed E-state index contributed by atoms with van der Waals surface area (Å²) in [5.41, 5.74) is 0.00146. The van der Waals surface area contributed by atoms with Crippen molar-refractivity contribution >= 4 is 38.6 Å². The molecule has 11 heteroatoms. The van der Waals surface area contributed by atoms with Crippen LogP contribution in [0.4, 0.5) is 11.4 Å². The number of hydrogen-bond donors (Lipinski definition) is 1. The van der Waals surface area contributed by atoms with Crippen LogP contribution < -0.4 is 10.1 Å². The molecule has 1 amide bonds. The fraction of sp³-hybridized carbons (Fsp3) is 0.353. The molecule has 0 unspecified atom stereocenters. The van der Waals surface area contributed by atoms with Gasteiger partial charge in [-0.2, -0.15) is 4.31 Å². The summed E-state index contributed by atoms with van der Waals surface area (Å²) in [6, 6.07) is 7.12. The molecular weight excluding hydrogens is 406 g/mol. The number of sulfonamides is 1. The standard InChI is InChI=1S/C17H19N3O6S2/c1-26-15-7-6-13(20(22)23)10-14(15)18-17(21)12-4-2-8-19(11-12)28(24,25)16-5-3-9-27-16/h3,5-7,9-10,12H,2,4,8,11H2,1H3,(H,18,21)/t12-/m0/s1. The number of carbonyl (C=O) groups excluding carboxylic acids is 1. The molecular formula is C17H19N3O6S2. The first kappa shape index (κ1) is 20.2. The monoisotopic (exact) mass is 425 g/mol. The van der Waals surface area contributed by atoms with Crippen LogP contribution in [0.15, 0.2) is 39.9 Å². The van der Waals surface area contributed by atoms with E-state index >= 15 is 0 Å². The number of nitro benzene ring substituents is 1. The van der Waals surface area contributed by atoms with Crippen LogP contribution in [0.25, 0.3) is 0 Å². The Morgan fingerprint density at radius 3 is 2.82 bits per heavy atom. The number of thiophene rings is 1. The highest BCUT2D eigenvalue weighted by Gasteiger charge is 2.34. The topological polar surface area (TPSA) is 119 Å². The molecule has 3 rings (SSSR count). The summed E-state index contributed by atoms with van der Waals surface area (Å²) < 4.78 is 32.1.